The highest BCUT2D eigenvalue weighted by molar-refractivity contribution is 7.12. The minimum atomic E-state index is 0.227. The van der Waals surface area contributed by atoms with E-state index in [0.717, 1.165) is 0 Å². The Morgan fingerprint density at radius 3 is 3.00 bits per heavy atom. The predicted molar refractivity (Wildman–Crippen MR) is 48.9 cm³/mol. The van der Waals surface area contributed by atoms with Gasteiger partial charge in [0, 0.05) is 15.8 Å². The van der Waals surface area contributed by atoms with Crippen molar-refractivity contribution in [3.8, 4) is 0 Å². The summed E-state index contributed by atoms with van der Waals surface area (Å²) in [6.07, 6.45) is 3.91. The maximum atomic E-state index is 5.79. The van der Waals surface area contributed by atoms with Gasteiger partial charge in [-0.05, 0) is 37.8 Å². The van der Waals surface area contributed by atoms with Gasteiger partial charge in [0.1, 0.15) is 0 Å². The van der Waals surface area contributed by atoms with Gasteiger partial charge >= 0.3 is 0 Å². The molecule has 2 rings (SSSR count). The first-order chi connectivity index (χ1) is 5.27. The summed E-state index contributed by atoms with van der Waals surface area (Å²) in [5, 5.41) is 0. The van der Waals surface area contributed by atoms with E-state index in [-0.39, 0.29) is 6.04 Å². The van der Waals surface area contributed by atoms with E-state index in [1.807, 2.05) is 11.3 Å². The van der Waals surface area contributed by atoms with Gasteiger partial charge in [-0.15, -0.1) is 11.3 Å². The maximum Gasteiger partial charge on any atom is 0.0361 e. The van der Waals surface area contributed by atoms with Crippen molar-refractivity contribution in [1.82, 2.24) is 0 Å². The molecule has 0 unspecified atom stereocenters. The molecule has 1 aromatic heterocycles. The molecule has 1 nitrogen and oxygen atoms in total. The first-order valence-corrected chi connectivity index (χ1v) is 4.96. The first kappa shape index (κ1) is 7.32. The van der Waals surface area contributed by atoms with E-state index in [0.29, 0.717) is 0 Å². The summed E-state index contributed by atoms with van der Waals surface area (Å²) in [6.45, 7) is 2.06. The van der Waals surface area contributed by atoms with Crippen LogP contribution in [0.25, 0.3) is 0 Å². The second kappa shape index (κ2) is 2.61. The zero-order chi connectivity index (χ0) is 7.84. The number of fused-ring (bicyclic) bond motifs is 1. The number of rotatable bonds is 1. The third kappa shape index (κ3) is 1.21. The maximum absolute atomic E-state index is 5.79. The average Bonchev–Trinajstić information content (AvgIpc) is 2.40. The molecular weight excluding hydrogens is 154 g/mol. The molecule has 1 aliphatic carbocycles. The van der Waals surface area contributed by atoms with Crippen LogP contribution in [0.2, 0.25) is 0 Å². The molecule has 1 atom stereocenters. The molecule has 0 fully saturated rings. The fourth-order valence-corrected chi connectivity index (χ4v) is 2.79. The second-order valence-electron chi connectivity index (χ2n) is 3.24. The van der Waals surface area contributed by atoms with Gasteiger partial charge in [-0.25, -0.2) is 0 Å². The van der Waals surface area contributed by atoms with E-state index in [1.165, 1.54) is 24.1 Å². The number of thiophene rings is 1. The smallest absolute Gasteiger partial charge is 0.0361 e. The Labute approximate surface area is 71.2 Å². The van der Waals surface area contributed by atoms with Gasteiger partial charge in [-0.2, -0.15) is 0 Å². The molecule has 0 saturated carbocycles. The highest BCUT2D eigenvalue weighted by Gasteiger charge is 2.15. The van der Waals surface area contributed by atoms with Crippen molar-refractivity contribution in [2.45, 2.75) is 32.2 Å². The number of nitrogens with two attached hydrogens (primary N) is 1. The molecule has 1 heterocycles. The standard InChI is InChI=1S/C9H13NS/c1-6(10)9-5-7-3-2-4-8(7)11-9/h5-6H,2-4,10H2,1H3/t6-/m0/s1. The molecule has 0 saturated heterocycles. The summed E-state index contributed by atoms with van der Waals surface area (Å²) in [7, 11) is 0. The van der Waals surface area contributed by atoms with Crippen LogP contribution in [-0.2, 0) is 12.8 Å². The topological polar surface area (TPSA) is 26.0 Å². The van der Waals surface area contributed by atoms with Gasteiger partial charge in [0.25, 0.3) is 0 Å². The molecule has 0 spiro atoms. The lowest BCUT2D eigenvalue weighted by atomic mass is 10.2. The van der Waals surface area contributed by atoms with Gasteiger partial charge in [0.15, 0.2) is 0 Å². The third-order valence-electron chi connectivity index (χ3n) is 2.21. The summed E-state index contributed by atoms with van der Waals surface area (Å²) in [4.78, 5) is 2.94. The molecule has 2 heteroatoms. The summed E-state index contributed by atoms with van der Waals surface area (Å²) in [5.74, 6) is 0. The SMILES string of the molecule is C[C@H](N)c1cc2c(s1)CCC2. The number of hydrogen-bond donors (Lipinski definition) is 1. The van der Waals surface area contributed by atoms with Gasteiger partial charge < -0.3 is 5.73 Å². The van der Waals surface area contributed by atoms with Crippen molar-refractivity contribution in [3.05, 3.63) is 21.4 Å². The molecule has 0 amide bonds. The van der Waals surface area contributed by atoms with Gasteiger partial charge in [0.2, 0.25) is 0 Å². The van der Waals surface area contributed by atoms with Crippen LogP contribution in [0.4, 0.5) is 0 Å². The lowest BCUT2D eigenvalue weighted by Crippen LogP contribution is -2.01. The Balaban J connectivity index is 2.34. The van der Waals surface area contributed by atoms with Crippen molar-refractivity contribution >= 4 is 11.3 Å². The van der Waals surface area contributed by atoms with Crippen molar-refractivity contribution in [2.24, 2.45) is 5.73 Å². The highest BCUT2D eigenvalue weighted by atomic mass is 32.1. The van der Waals surface area contributed by atoms with Crippen LogP contribution < -0.4 is 5.73 Å². The molecule has 1 aliphatic rings. The van der Waals surface area contributed by atoms with Crippen LogP contribution in [0.3, 0.4) is 0 Å². The fraction of sp³-hybridized carbons (Fsp3) is 0.556. The van der Waals surface area contributed by atoms with Crippen molar-refractivity contribution in [3.63, 3.8) is 0 Å². The van der Waals surface area contributed by atoms with Crippen LogP contribution in [0, 0.1) is 0 Å². The van der Waals surface area contributed by atoms with Gasteiger partial charge in [0.05, 0.1) is 0 Å². The zero-order valence-electron chi connectivity index (χ0n) is 6.76. The van der Waals surface area contributed by atoms with Crippen LogP contribution in [0.5, 0.6) is 0 Å². The second-order valence-corrected chi connectivity index (χ2v) is 4.41. The third-order valence-corrected chi connectivity index (χ3v) is 3.65. The van der Waals surface area contributed by atoms with Crippen molar-refractivity contribution in [1.29, 1.82) is 0 Å². The van der Waals surface area contributed by atoms with Gasteiger partial charge in [-0.1, -0.05) is 0 Å². The Hall–Kier alpha value is -0.340. The largest absolute Gasteiger partial charge is 0.324 e. The average molecular weight is 167 g/mol. The number of hydrogen-bond acceptors (Lipinski definition) is 2. The van der Waals surface area contributed by atoms with E-state index in [9.17, 15) is 0 Å². The first-order valence-electron chi connectivity index (χ1n) is 4.14. The van der Waals surface area contributed by atoms with Crippen LogP contribution >= 0.6 is 11.3 Å². The Kier molecular flexibility index (Phi) is 1.74. The lowest BCUT2D eigenvalue weighted by Gasteiger charge is -1.98. The minimum absolute atomic E-state index is 0.227. The van der Waals surface area contributed by atoms with E-state index in [2.05, 4.69) is 13.0 Å². The quantitative estimate of drug-likeness (QED) is 0.682. The monoisotopic (exact) mass is 167 g/mol. The predicted octanol–water partition coefficient (Wildman–Crippen LogP) is 2.26. The van der Waals surface area contributed by atoms with Gasteiger partial charge in [-0.3, -0.25) is 0 Å². The fourth-order valence-electron chi connectivity index (χ4n) is 1.58. The molecule has 0 aliphatic heterocycles. The molecule has 0 radical (unpaired) electrons. The summed E-state index contributed by atoms with van der Waals surface area (Å²) >= 11 is 1.91. The summed E-state index contributed by atoms with van der Waals surface area (Å²) in [5.41, 5.74) is 7.34. The molecule has 2 N–H and O–H groups in total. The zero-order valence-corrected chi connectivity index (χ0v) is 7.58. The molecule has 1 aromatic rings. The van der Waals surface area contributed by atoms with Crippen LogP contribution in [0.1, 0.15) is 34.7 Å². The van der Waals surface area contributed by atoms with E-state index in [1.54, 1.807) is 10.4 Å². The van der Waals surface area contributed by atoms with Crippen LogP contribution in [0.15, 0.2) is 6.07 Å². The molecular formula is C9H13NS. The summed E-state index contributed by atoms with van der Waals surface area (Å²) < 4.78 is 0. The molecule has 0 aromatic carbocycles. The highest BCUT2D eigenvalue weighted by Crippen LogP contribution is 2.32. The van der Waals surface area contributed by atoms with E-state index < -0.39 is 0 Å². The number of aryl methyl sites for hydroxylation is 2. The lowest BCUT2D eigenvalue weighted by molar-refractivity contribution is 0.834. The Morgan fingerprint density at radius 2 is 2.36 bits per heavy atom. The molecule has 60 valence electrons. The normalized spacial score (nSPS) is 18.4. The van der Waals surface area contributed by atoms with Crippen LogP contribution in [-0.4, -0.2) is 0 Å². The van der Waals surface area contributed by atoms with E-state index >= 15 is 0 Å². The van der Waals surface area contributed by atoms with Crippen molar-refractivity contribution in [2.75, 3.05) is 0 Å². The minimum Gasteiger partial charge on any atom is -0.324 e. The molecule has 0 bridgehead atoms. The van der Waals surface area contributed by atoms with Crippen molar-refractivity contribution < 1.29 is 0 Å². The Morgan fingerprint density at radius 1 is 1.55 bits per heavy atom. The van der Waals surface area contributed by atoms with E-state index in [4.69, 9.17) is 5.73 Å². The summed E-state index contributed by atoms with van der Waals surface area (Å²) in [6, 6.07) is 2.52. The molecule has 11 heavy (non-hydrogen) atoms. The Bertz CT molecular complexity index is 241.